The average molecular weight is 385 g/mol. The normalized spacial score (nSPS) is 16.5. The lowest BCUT2D eigenvalue weighted by molar-refractivity contribution is 0.102. The summed E-state index contributed by atoms with van der Waals surface area (Å²) in [4.78, 5) is 25.1. The minimum atomic E-state index is -1.02. The number of hydrogen-bond acceptors (Lipinski definition) is 5. The third kappa shape index (κ3) is 3.10. The Morgan fingerprint density at radius 3 is 2.74 bits per heavy atom. The van der Waals surface area contributed by atoms with Gasteiger partial charge in [0.05, 0.1) is 22.7 Å². The van der Waals surface area contributed by atoms with E-state index in [0.717, 1.165) is 11.3 Å². The molecule has 3 heterocycles. The summed E-state index contributed by atoms with van der Waals surface area (Å²) in [5, 5.41) is 8.01. The third-order valence-corrected chi connectivity index (χ3v) is 5.63. The van der Waals surface area contributed by atoms with E-state index < -0.39 is 22.3 Å². The van der Waals surface area contributed by atoms with E-state index in [-0.39, 0.29) is 11.1 Å². The van der Waals surface area contributed by atoms with E-state index in [1.165, 1.54) is 6.07 Å². The Kier molecular flexibility index (Phi) is 4.03. The molecule has 27 heavy (non-hydrogen) atoms. The monoisotopic (exact) mass is 385 g/mol. The van der Waals surface area contributed by atoms with E-state index in [2.05, 4.69) is 10.4 Å². The van der Waals surface area contributed by atoms with Crippen LogP contribution in [0.1, 0.15) is 42.4 Å². The van der Waals surface area contributed by atoms with Crippen molar-refractivity contribution in [1.29, 1.82) is 0 Å². The predicted molar refractivity (Wildman–Crippen MR) is 103 cm³/mol. The molecular weight excluding hydrogens is 366 g/mol. The van der Waals surface area contributed by atoms with Crippen molar-refractivity contribution in [2.24, 2.45) is 0 Å². The van der Waals surface area contributed by atoms with E-state index in [9.17, 15) is 13.8 Å². The van der Waals surface area contributed by atoms with Gasteiger partial charge in [0.25, 0.3) is 5.91 Å². The van der Waals surface area contributed by atoms with E-state index >= 15 is 0 Å². The highest BCUT2D eigenvalue weighted by Crippen LogP contribution is 2.33. The first-order valence-corrected chi connectivity index (χ1v) is 10.0. The van der Waals surface area contributed by atoms with Crippen LogP contribution in [0.3, 0.4) is 0 Å². The van der Waals surface area contributed by atoms with Crippen molar-refractivity contribution in [3.63, 3.8) is 0 Å². The molecule has 3 aromatic rings. The molecule has 1 aliphatic heterocycles. The van der Waals surface area contributed by atoms with Gasteiger partial charge in [0.15, 0.2) is 0 Å². The topological polar surface area (TPSA) is 94.2 Å². The zero-order valence-electron chi connectivity index (χ0n) is 15.2. The number of aromatic nitrogens is 2. The van der Waals surface area contributed by atoms with Crippen LogP contribution in [0.25, 0.3) is 11.0 Å². The summed E-state index contributed by atoms with van der Waals surface area (Å²) in [6, 6.07) is 8.54. The zero-order valence-corrected chi connectivity index (χ0v) is 16.1. The lowest BCUT2D eigenvalue weighted by Crippen LogP contribution is -2.29. The number of amides is 1. The molecule has 0 bridgehead atoms. The van der Waals surface area contributed by atoms with E-state index in [1.54, 1.807) is 28.9 Å². The summed E-state index contributed by atoms with van der Waals surface area (Å²) < 4.78 is 18.9. The molecule has 7 nitrogen and oxygen atoms in total. The van der Waals surface area contributed by atoms with Crippen LogP contribution in [0.4, 0.5) is 5.82 Å². The number of hydrogen-bond donors (Lipinski definition) is 1. The van der Waals surface area contributed by atoms with Crippen molar-refractivity contribution in [2.45, 2.75) is 37.8 Å². The first kappa shape index (κ1) is 17.7. The molecule has 1 aromatic carbocycles. The van der Waals surface area contributed by atoms with Gasteiger partial charge in [0.1, 0.15) is 17.0 Å². The molecule has 2 aromatic heterocycles. The number of carbonyl (C=O) groups is 1. The van der Waals surface area contributed by atoms with Gasteiger partial charge in [-0.25, -0.2) is 9.48 Å². The Bertz CT molecular complexity index is 1150. The van der Waals surface area contributed by atoms with Gasteiger partial charge in [-0.2, -0.15) is 5.10 Å². The fourth-order valence-electron chi connectivity index (χ4n) is 3.14. The molecule has 8 heteroatoms. The van der Waals surface area contributed by atoms with E-state index in [1.807, 2.05) is 20.8 Å². The summed E-state index contributed by atoms with van der Waals surface area (Å²) in [6.45, 7) is 5.89. The molecule has 140 valence electrons. The van der Waals surface area contributed by atoms with Crippen molar-refractivity contribution in [1.82, 2.24) is 9.78 Å². The van der Waals surface area contributed by atoms with Gasteiger partial charge in [-0.05, 0) is 32.9 Å². The molecule has 0 radical (unpaired) electrons. The summed E-state index contributed by atoms with van der Waals surface area (Å²) in [7, 11) is -1.02. The van der Waals surface area contributed by atoms with Crippen molar-refractivity contribution < 1.29 is 13.4 Å². The zero-order chi connectivity index (χ0) is 19.3. The molecule has 0 fully saturated rings. The molecule has 1 amide bonds. The van der Waals surface area contributed by atoms with Gasteiger partial charge in [-0.15, -0.1) is 0 Å². The van der Waals surface area contributed by atoms with Crippen LogP contribution < -0.4 is 10.9 Å². The number of benzene rings is 1. The highest BCUT2D eigenvalue weighted by atomic mass is 32.2. The van der Waals surface area contributed by atoms with E-state index in [0.29, 0.717) is 28.3 Å². The largest absolute Gasteiger partial charge is 0.422 e. The van der Waals surface area contributed by atoms with Crippen LogP contribution in [-0.2, 0) is 27.8 Å². The standard InChI is InChI=1S/C19H19N3O4S/c1-19(2,3)22-16(13-9-27(25)10-14(13)21-22)20-17(23)12-8-11-6-4-5-7-15(11)26-18(12)24/h4-8H,9-10H2,1-3H3,(H,20,23). The maximum absolute atomic E-state index is 12.8. The van der Waals surface area contributed by atoms with E-state index in [4.69, 9.17) is 4.42 Å². The second-order valence-electron chi connectivity index (χ2n) is 7.52. The molecule has 0 saturated heterocycles. The third-order valence-electron chi connectivity index (χ3n) is 4.42. The van der Waals surface area contributed by atoms with Crippen LogP contribution in [0, 0.1) is 0 Å². The predicted octanol–water partition coefficient (Wildman–Crippen LogP) is 2.76. The molecule has 1 aliphatic rings. The second kappa shape index (κ2) is 6.16. The Hall–Kier alpha value is -2.74. The summed E-state index contributed by atoms with van der Waals surface area (Å²) in [5.74, 6) is 0.633. The van der Waals surface area contributed by atoms with Gasteiger partial charge < -0.3 is 9.73 Å². The quantitative estimate of drug-likeness (QED) is 0.685. The molecule has 1 atom stereocenters. The molecule has 4 rings (SSSR count). The number of para-hydroxylation sites is 1. The van der Waals surface area contributed by atoms with Crippen molar-refractivity contribution >= 4 is 33.5 Å². The van der Waals surface area contributed by atoms with Gasteiger partial charge >= 0.3 is 5.63 Å². The summed E-state index contributed by atoms with van der Waals surface area (Å²) in [6.07, 6.45) is 0. The molecule has 1 unspecified atom stereocenters. The van der Waals surface area contributed by atoms with Crippen LogP contribution >= 0.6 is 0 Å². The van der Waals surface area contributed by atoms with Crippen LogP contribution in [0.5, 0.6) is 0 Å². The number of fused-ring (bicyclic) bond motifs is 2. The fraction of sp³-hybridized carbons (Fsp3) is 0.316. The molecule has 0 spiro atoms. The maximum Gasteiger partial charge on any atom is 0.349 e. The number of nitrogens with zero attached hydrogens (tertiary/aromatic N) is 2. The Morgan fingerprint density at radius 1 is 1.26 bits per heavy atom. The van der Waals surface area contributed by atoms with Crippen molar-refractivity contribution in [3.05, 3.63) is 57.6 Å². The molecular formula is C19H19N3O4S. The SMILES string of the molecule is CC(C)(C)n1nc2c(c1NC(=O)c1cc3ccccc3oc1=O)CS(=O)C2. The Balaban J connectivity index is 1.77. The van der Waals surface area contributed by atoms with Crippen molar-refractivity contribution in [3.8, 4) is 0 Å². The van der Waals surface area contributed by atoms with Crippen LogP contribution in [0.15, 0.2) is 39.5 Å². The average Bonchev–Trinajstić information content (AvgIpc) is 3.11. The van der Waals surface area contributed by atoms with Crippen LogP contribution in [-0.4, -0.2) is 19.9 Å². The lowest BCUT2D eigenvalue weighted by Gasteiger charge is -2.23. The molecule has 0 saturated carbocycles. The maximum atomic E-state index is 12.8. The highest BCUT2D eigenvalue weighted by molar-refractivity contribution is 7.83. The minimum Gasteiger partial charge on any atom is -0.422 e. The number of anilines is 1. The summed E-state index contributed by atoms with van der Waals surface area (Å²) >= 11 is 0. The number of carbonyl (C=O) groups excluding carboxylic acids is 1. The smallest absolute Gasteiger partial charge is 0.349 e. The number of rotatable bonds is 2. The minimum absolute atomic E-state index is 0.0803. The van der Waals surface area contributed by atoms with Crippen LogP contribution in [0.2, 0.25) is 0 Å². The first-order chi connectivity index (χ1) is 12.7. The second-order valence-corrected chi connectivity index (χ2v) is 8.98. The Labute approximate surface area is 157 Å². The fourth-order valence-corrected chi connectivity index (χ4v) is 4.40. The van der Waals surface area contributed by atoms with Gasteiger partial charge in [-0.1, -0.05) is 18.2 Å². The first-order valence-electron chi connectivity index (χ1n) is 8.54. The van der Waals surface area contributed by atoms with Crippen molar-refractivity contribution in [2.75, 3.05) is 5.32 Å². The summed E-state index contributed by atoms with van der Waals surface area (Å²) in [5.41, 5.74) is 0.750. The van der Waals surface area contributed by atoms with Gasteiger partial charge in [-0.3, -0.25) is 9.00 Å². The molecule has 1 N–H and O–H groups in total. The Morgan fingerprint density at radius 2 is 2.00 bits per heavy atom. The van der Waals surface area contributed by atoms with Gasteiger partial charge in [0, 0.05) is 21.7 Å². The van der Waals surface area contributed by atoms with Gasteiger partial charge in [0.2, 0.25) is 0 Å². The molecule has 0 aliphatic carbocycles. The lowest BCUT2D eigenvalue weighted by atomic mass is 10.1. The highest BCUT2D eigenvalue weighted by Gasteiger charge is 2.32. The number of nitrogens with one attached hydrogen (secondary N) is 1.